The fourth-order valence-electron chi connectivity index (χ4n) is 2.73. The highest BCUT2D eigenvalue weighted by Crippen LogP contribution is 2.24. The van der Waals surface area contributed by atoms with E-state index in [0.29, 0.717) is 28.5 Å². The Hall–Kier alpha value is -3.94. The fraction of sp³-hybridized carbons (Fsp3) is 0.100. The lowest BCUT2D eigenvalue weighted by atomic mass is 10.1. The van der Waals surface area contributed by atoms with Gasteiger partial charge in [0.1, 0.15) is 11.5 Å². The largest absolute Gasteiger partial charge is 0.463 e. The van der Waals surface area contributed by atoms with Crippen LogP contribution in [0.3, 0.4) is 0 Å². The lowest BCUT2D eigenvalue weighted by molar-refractivity contribution is 0.102. The minimum atomic E-state index is -0.312. The number of aryl methyl sites for hydroxylation is 2. The summed E-state index contributed by atoms with van der Waals surface area (Å²) in [5, 5.41) is 7.27. The SMILES string of the molecule is Cc1ccc(C(=O)Nc2cc(-c3ccco3)nn2-c2nc(C)cc(=O)[nH]2)cc1. The number of hydrogen-bond acceptors (Lipinski definition) is 5. The molecule has 0 saturated carbocycles. The molecule has 8 heteroatoms. The van der Waals surface area contributed by atoms with Gasteiger partial charge in [0.25, 0.3) is 11.5 Å². The molecule has 3 heterocycles. The first-order valence-corrected chi connectivity index (χ1v) is 8.60. The second kappa shape index (κ2) is 6.99. The molecule has 2 N–H and O–H groups in total. The van der Waals surface area contributed by atoms with Gasteiger partial charge in [-0.1, -0.05) is 17.7 Å². The zero-order valence-corrected chi connectivity index (χ0v) is 15.3. The van der Waals surface area contributed by atoms with Gasteiger partial charge >= 0.3 is 0 Å². The standard InChI is InChI=1S/C20H17N5O3/c1-12-5-7-14(8-6-12)19(27)22-17-11-15(16-4-3-9-28-16)24-25(17)20-21-13(2)10-18(26)23-20/h3-11H,1-2H3,(H,22,27)(H,21,23,26). The van der Waals surface area contributed by atoms with Gasteiger partial charge in [-0.25, -0.2) is 4.98 Å². The number of carbonyl (C=O) groups excluding carboxylic acids is 1. The molecule has 0 aliphatic rings. The molecule has 28 heavy (non-hydrogen) atoms. The minimum absolute atomic E-state index is 0.196. The van der Waals surface area contributed by atoms with Gasteiger partial charge in [0.05, 0.1) is 6.26 Å². The summed E-state index contributed by atoms with van der Waals surface area (Å²) in [6, 6.07) is 13.7. The monoisotopic (exact) mass is 375 g/mol. The van der Waals surface area contributed by atoms with Crippen LogP contribution in [0.1, 0.15) is 21.6 Å². The molecule has 3 aromatic heterocycles. The second-order valence-electron chi connectivity index (χ2n) is 6.33. The Labute approximate surface area is 159 Å². The van der Waals surface area contributed by atoms with Gasteiger partial charge in [-0.3, -0.25) is 14.6 Å². The smallest absolute Gasteiger partial charge is 0.256 e. The summed E-state index contributed by atoms with van der Waals surface area (Å²) in [6.07, 6.45) is 1.53. The average Bonchev–Trinajstić information content (AvgIpc) is 3.31. The summed E-state index contributed by atoms with van der Waals surface area (Å²) < 4.78 is 6.77. The van der Waals surface area contributed by atoms with Crippen LogP contribution in [0.5, 0.6) is 0 Å². The molecular formula is C20H17N5O3. The maximum Gasteiger partial charge on any atom is 0.256 e. The highest BCUT2D eigenvalue weighted by molar-refractivity contribution is 6.04. The van der Waals surface area contributed by atoms with E-state index >= 15 is 0 Å². The Morgan fingerprint density at radius 2 is 1.93 bits per heavy atom. The Morgan fingerprint density at radius 1 is 1.14 bits per heavy atom. The number of nitrogens with zero attached hydrogens (tertiary/aromatic N) is 3. The van der Waals surface area contributed by atoms with Crippen molar-refractivity contribution in [3.63, 3.8) is 0 Å². The van der Waals surface area contributed by atoms with Crippen LogP contribution in [0.15, 0.2) is 64.0 Å². The van der Waals surface area contributed by atoms with Crippen molar-refractivity contribution >= 4 is 11.7 Å². The van der Waals surface area contributed by atoms with Gasteiger partial charge < -0.3 is 9.73 Å². The topological polar surface area (TPSA) is 106 Å². The van der Waals surface area contributed by atoms with Crippen LogP contribution in [-0.2, 0) is 0 Å². The summed E-state index contributed by atoms with van der Waals surface area (Å²) in [4.78, 5) is 31.5. The molecule has 0 atom stereocenters. The third-order valence-corrected chi connectivity index (χ3v) is 4.10. The van der Waals surface area contributed by atoms with Gasteiger partial charge in [0.2, 0.25) is 5.95 Å². The molecule has 0 aliphatic carbocycles. The maximum absolute atomic E-state index is 12.7. The Bertz CT molecular complexity index is 1190. The lowest BCUT2D eigenvalue weighted by Gasteiger charge is -2.08. The molecule has 4 rings (SSSR count). The molecule has 1 amide bonds. The van der Waals surface area contributed by atoms with E-state index in [1.165, 1.54) is 17.0 Å². The number of anilines is 1. The van der Waals surface area contributed by atoms with E-state index in [9.17, 15) is 9.59 Å². The van der Waals surface area contributed by atoms with Crippen LogP contribution >= 0.6 is 0 Å². The van der Waals surface area contributed by atoms with E-state index in [1.807, 2.05) is 19.1 Å². The number of hydrogen-bond donors (Lipinski definition) is 2. The first-order valence-electron chi connectivity index (χ1n) is 8.60. The van der Waals surface area contributed by atoms with E-state index in [-0.39, 0.29) is 17.4 Å². The summed E-state index contributed by atoms with van der Waals surface area (Å²) in [5.74, 6) is 0.773. The molecule has 0 radical (unpaired) electrons. The third-order valence-electron chi connectivity index (χ3n) is 4.10. The number of furan rings is 1. The van der Waals surface area contributed by atoms with Crippen LogP contribution in [0.2, 0.25) is 0 Å². The van der Waals surface area contributed by atoms with Crippen molar-refractivity contribution in [2.45, 2.75) is 13.8 Å². The number of amides is 1. The zero-order valence-electron chi connectivity index (χ0n) is 15.3. The third kappa shape index (κ3) is 3.48. The molecule has 4 aromatic rings. The van der Waals surface area contributed by atoms with Crippen LogP contribution in [0, 0.1) is 13.8 Å². The van der Waals surface area contributed by atoms with Gasteiger partial charge in [0.15, 0.2) is 5.76 Å². The molecular weight excluding hydrogens is 358 g/mol. The van der Waals surface area contributed by atoms with Crippen LogP contribution in [0.4, 0.5) is 5.82 Å². The fourth-order valence-corrected chi connectivity index (χ4v) is 2.73. The zero-order chi connectivity index (χ0) is 19.7. The first-order chi connectivity index (χ1) is 13.5. The predicted molar refractivity (Wildman–Crippen MR) is 104 cm³/mol. The molecule has 140 valence electrons. The van der Waals surface area contributed by atoms with Gasteiger partial charge in [-0.05, 0) is 38.1 Å². The second-order valence-corrected chi connectivity index (χ2v) is 6.33. The van der Waals surface area contributed by atoms with Crippen LogP contribution < -0.4 is 10.9 Å². The number of carbonyl (C=O) groups is 1. The number of rotatable bonds is 4. The van der Waals surface area contributed by atoms with Crippen molar-refractivity contribution in [1.29, 1.82) is 0 Å². The summed E-state index contributed by atoms with van der Waals surface area (Å²) >= 11 is 0. The van der Waals surface area contributed by atoms with E-state index < -0.39 is 0 Å². The maximum atomic E-state index is 12.7. The van der Waals surface area contributed by atoms with Crippen molar-refractivity contribution in [2.75, 3.05) is 5.32 Å². The van der Waals surface area contributed by atoms with Crippen LogP contribution in [0.25, 0.3) is 17.4 Å². The quantitative estimate of drug-likeness (QED) is 0.570. The van der Waals surface area contributed by atoms with Gasteiger partial charge in [-0.15, -0.1) is 0 Å². The number of aromatic amines is 1. The molecule has 0 bridgehead atoms. The molecule has 8 nitrogen and oxygen atoms in total. The molecule has 0 fully saturated rings. The number of benzene rings is 1. The average molecular weight is 375 g/mol. The van der Waals surface area contributed by atoms with Gasteiger partial charge in [0, 0.05) is 23.4 Å². The summed E-state index contributed by atoms with van der Waals surface area (Å²) in [7, 11) is 0. The lowest BCUT2D eigenvalue weighted by Crippen LogP contribution is -2.18. The number of nitrogens with one attached hydrogen (secondary N) is 2. The van der Waals surface area contributed by atoms with E-state index in [0.717, 1.165) is 5.56 Å². The number of H-pyrrole nitrogens is 1. The van der Waals surface area contributed by atoms with Crippen LogP contribution in [-0.4, -0.2) is 25.7 Å². The van der Waals surface area contributed by atoms with Gasteiger partial charge in [-0.2, -0.15) is 9.78 Å². The van der Waals surface area contributed by atoms with Crippen molar-refractivity contribution in [3.05, 3.63) is 82.0 Å². The van der Waals surface area contributed by atoms with Crippen molar-refractivity contribution < 1.29 is 9.21 Å². The first kappa shape index (κ1) is 17.5. The Morgan fingerprint density at radius 3 is 2.61 bits per heavy atom. The summed E-state index contributed by atoms with van der Waals surface area (Å²) in [6.45, 7) is 3.66. The highest BCUT2D eigenvalue weighted by Gasteiger charge is 2.17. The molecule has 0 spiro atoms. The molecule has 0 unspecified atom stereocenters. The van der Waals surface area contributed by atoms with E-state index in [1.54, 1.807) is 37.3 Å². The normalized spacial score (nSPS) is 10.8. The van der Waals surface area contributed by atoms with Crippen molar-refractivity contribution in [3.8, 4) is 17.4 Å². The Balaban J connectivity index is 1.77. The number of aromatic nitrogens is 4. The highest BCUT2D eigenvalue weighted by atomic mass is 16.3. The van der Waals surface area contributed by atoms with Crippen molar-refractivity contribution in [2.24, 2.45) is 0 Å². The Kier molecular flexibility index (Phi) is 4.36. The van der Waals surface area contributed by atoms with E-state index in [2.05, 4.69) is 20.4 Å². The minimum Gasteiger partial charge on any atom is -0.463 e. The predicted octanol–water partition coefficient (Wildman–Crippen LogP) is 3.08. The summed E-state index contributed by atoms with van der Waals surface area (Å²) in [5.41, 5.74) is 2.28. The molecule has 0 aliphatic heterocycles. The molecule has 0 saturated heterocycles. The molecule has 1 aromatic carbocycles. The van der Waals surface area contributed by atoms with E-state index in [4.69, 9.17) is 4.42 Å². The van der Waals surface area contributed by atoms with Crippen molar-refractivity contribution in [1.82, 2.24) is 19.7 Å².